The molecule has 0 saturated carbocycles. The Bertz CT molecular complexity index is 827. The van der Waals surface area contributed by atoms with Crippen molar-refractivity contribution in [3.05, 3.63) is 59.2 Å². The summed E-state index contributed by atoms with van der Waals surface area (Å²) in [5.74, 6) is -0.382. The van der Waals surface area contributed by atoms with E-state index in [2.05, 4.69) is 15.8 Å². The van der Waals surface area contributed by atoms with Crippen LogP contribution in [0.5, 0.6) is 5.75 Å². The highest BCUT2D eigenvalue weighted by molar-refractivity contribution is 5.99. The van der Waals surface area contributed by atoms with Gasteiger partial charge in [-0.1, -0.05) is 12.1 Å². The second-order valence-electron chi connectivity index (χ2n) is 6.15. The number of hydrogen-bond acceptors (Lipinski definition) is 4. The fourth-order valence-electron chi connectivity index (χ4n) is 2.28. The lowest BCUT2D eigenvalue weighted by Crippen LogP contribution is -2.22. The third-order valence-electron chi connectivity index (χ3n) is 3.88. The van der Waals surface area contributed by atoms with Crippen LogP contribution in [0.3, 0.4) is 0 Å². The van der Waals surface area contributed by atoms with Gasteiger partial charge in [-0.2, -0.15) is 5.10 Å². The summed E-state index contributed by atoms with van der Waals surface area (Å²) < 4.78 is 0. The molecule has 2 amide bonds. The van der Waals surface area contributed by atoms with Crippen LogP contribution >= 0.6 is 0 Å². The van der Waals surface area contributed by atoms with Gasteiger partial charge in [0.2, 0.25) is 11.8 Å². The van der Waals surface area contributed by atoms with Crippen LogP contribution in [-0.2, 0) is 9.59 Å². The summed E-state index contributed by atoms with van der Waals surface area (Å²) in [4.78, 5) is 23.9. The highest BCUT2D eigenvalue weighted by Crippen LogP contribution is 2.16. The number of anilines is 1. The summed E-state index contributed by atoms with van der Waals surface area (Å²) in [6.07, 6.45) is 0.121. The molecule has 2 rings (SSSR count). The van der Waals surface area contributed by atoms with Gasteiger partial charge in [-0.3, -0.25) is 9.59 Å². The van der Waals surface area contributed by atoms with E-state index in [0.29, 0.717) is 5.71 Å². The number of amides is 2. The van der Waals surface area contributed by atoms with Crippen molar-refractivity contribution in [2.75, 3.05) is 5.32 Å². The zero-order valence-electron chi connectivity index (χ0n) is 15.2. The Hall–Kier alpha value is -3.15. The Morgan fingerprint density at radius 2 is 1.65 bits per heavy atom. The van der Waals surface area contributed by atoms with Crippen LogP contribution in [0.1, 0.15) is 36.5 Å². The average Bonchev–Trinajstić information content (AvgIpc) is 2.61. The third-order valence-corrected chi connectivity index (χ3v) is 3.88. The summed E-state index contributed by atoms with van der Waals surface area (Å²) in [7, 11) is 0. The van der Waals surface area contributed by atoms with E-state index in [1.165, 1.54) is 0 Å². The highest BCUT2D eigenvalue weighted by atomic mass is 16.3. The number of rotatable bonds is 6. The molecule has 26 heavy (non-hydrogen) atoms. The fraction of sp³-hybridized carbons (Fsp3) is 0.250. The van der Waals surface area contributed by atoms with Gasteiger partial charge in [0.1, 0.15) is 5.75 Å². The molecule has 6 nitrogen and oxygen atoms in total. The molecule has 0 atom stereocenters. The summed E-state index contributed by atoms with van der Waals surface area (Å²) in [5.41, 5.74) is 6.63. The summed E-state index contributed by atoms with van der Waals surface area (Å²) in [6.45, 7) is 5.62. The molecule has 0 aromatic heterocycles. The molecule has 0 saturated heterocycles. The molecule has 0 heterocycles. The molecule has 0 bridgehead atoms. The molecule has 0 aliphatic rings. The summed E-state index contributed by atoms with van der Waals surface area (Å²) in [6, 6.07) is 12.3. The molecule has 0 radical (unpaired) electrons. The van der Waals surface area contributed by atoms with E-state index in [4.69, 9.17) is 0 Å². The normalized spacial score (nSPS) is 11.1. The molecule has 0 spiro atoms. The maximum atomic E-state index is 12.0. The molecule has 0 aliphatic carbocycles. The molecular formula is C20H23N3O3. The zero-order chi connectivity index (χ0) is 19.1. The van der Waals surface area contributed by atoms with Gasteiger partial charge in [0, 0.05) is 18.5 Å². The maximum absolute atomic E-state index is 12.0. The molecule has 0 fully saturated rings. The van der Waals surface area contributed by atoms with Crippen LogP contribution in [0.2, 0.25) is 0 Å². The lowest BCUT2D eigenvalue weighted by Gasteiger charge is -2.09. The zero-order valence-corrected chi connectivity index (χ0v) is 15.2. The van der Waals surface area contributed by atoms with Crippen molar-refractivity contribution in [2.45, 2.75) is 33.6 Å². The van der Waals surface area contributed by atoms with Gasteiger partial charge in [-0.25, -0.2) is 5.43 Å². The number of nitrogens with zero attached hydrogens (tertiary/aromatic N) is 1. The van der Waals surface area contributed by atoms with E-state index in [1.807, 2.05) is 32.0 Å². The number of carbonyl (C=O) groups excluding carboxylic acids is 2. The van der Waals surface area contributed by atoms with Crippen molar-refractivity contribution >= 4 is 23.2 Å². The van der Waals surface area contributed by atoms with E-state index in [9.17, 15) is 14.7 Å². The first-order valence-electron chi connectivity index (χ1n) is 8.35. The summed E-state index contributed by atoms with van der Waals surface area (Å²) >= 11 is 0. The fourth-order valence-corrected chi connectivity index (χ4v) is 2.28. The standard InChI is InChI=1S/C20H23N3O3/c1-13-4-5-14(2)18(12-13)21-19(25)10-11-20(26)23-22-15(3)16-6-8-17(24)9-7-16/h4-9,12,24H,10-11H2,1-3H3,(H,21,25)(H,23,26). The van der Waals surface area contributed by atoms with E-state index < -0.39 is 0 Å². The molecule has 2 aromatic rings. The quantitative estimate of drug-likeness (QED) is 0.550. The number of phenolic OH excluding ortho intramolecular Hbond substituents is 1. The number of aromatic hydroxyl groups is 1. The van der Waals surface area contributed by atoms with E-state index in [0.717, 1.165) is 22.4 Å². The van der Waals surface area contributed by atoms with Crippen molar-refractivity contribution in [2.24, 2.45) is 5.10 Å². The lowest BCUT2D eigenvalue weighted by molar-refractivity contribution is -0.124. The number of hydrazone groups is 1. The average molecular weight is 353 g/mol. The predicted octanol–water partition coefficient (Wildman–Crippen LogP) is 3.27. The Morgan fingerprint density at radius 1 is 1.00 bits per heavy atom. The monoisotopic (exact) mass is 353 g/mol. The summed E-state index contributed by atoms with van der Waals surface area (Å²) in [5, 5.41) is 16.1. The molecule has 3 N–H and O–H groups in total. The van der Waals surface area contributed by atoms with Crippen LogP contribution in [-0.4, -0.2) is 22.6 Å². The largest absolute Gasteiger partial charge is 0.508 e. The maximum Gasteiger partial charge on any atom is 0.240 e. The van der Waals surface area contributed by atoms with Gasteiger partial charge < -0.3 is 10.4 Å². The minimum Gasteiger partial charge on any atom is -0.508 e. The SMILES string of the molecule is CC(=NNC(=O)CCC(=O)Nc1cc(C)ccc1C)c1ccc(O)cc1. The first-order valence-corrected chi connectivity index (χ1v) is 8.35. The second-order valence-corrected chi connectivity index (χ2v) is 6.15. The van der Waals surface area contributed by atoms with Gasteiger partial charge >= 0.3 is 0 Å². The van der Waals surface area contributed by atoms with Crippen molar-refractivity contribution < 1.29 is 14.7 Å². The Kier molecular flexibility index (Phi) is 6.49. The van der Waals surface area contributed by atoms with Crippen LogP contribution < -0.4 is 10.7 Å². The smallest absolute Gasteiger partial charge is 0.240 e. The topological polar surface area (TPSA) is 90.8 Å². The molecule has 0 aliphatic heterocycles. The van der Waals surface area contributed by atoms with Crippen LogP contribution in [0.25, 0.3) is 0 Å². The molecule has 6 heteroatoms. The van der Waals surface area contributed by atoms with E-state index >= 15 is 0 Å². The molecule has 136 valence electrons. The van der Waals surface area contributed by atoms with Crippen molar-refractivity contribution in [1.82, 2.24) is 5.43 Å². The van der Waals surface area contributed by atoms with Gasteiger partial charge in [0.25, 0.3) is 0 Å². The Labute approximate surface area is 152 Å². The lowest BCUT2D eigenvalue weighted by atomic mass is 10.1. The highest BCUT2D eigenvalue weighted by Gasteiger charge is 2.09. The minimum atomic E-state index is -0.334. The number of aryl methyl sites for hydroxylation is 2. The van der Waals surface area contributed by atoms with Crippen molar-refractivity contribution in [1.29, 1.82) is 0 Å². The van der Waals surface area contributed by atoms with Crippen molar-refractivity contribution in [3.8, 4) is 5.75 Å². The second kappa shape index (κ2) is 8.80. The number of carbonyl (C=O) groups is 2. The Morgan fingerprint density at radius 3 is 2.35 bits per heavy atom. The van der Waals surface area contributed by atoms with Gasteiger partial charge in [0.15, 0.2) is 0 Å². The predicted molar refractivity (Wildman–Crippen MR) is 102 cm³/mol. The van der Waals surface area contributed by atoms with Crippen molar-refractivity contribution in [3.63, 3.8) is 0 Å². The molecule has 0 unspecified atom stereocenters. The third kappa shape index (κ3) is 5.73. The van der Waals surface area contributed by atoms with E-state index in [-0.39, 0.29) is 30.4 Å². The van der Waals surface area contributed by atoms with Crippen LogP contribution in [0.15, 0.2) is 47.6 Å². The van der Waals surface area contributed by atoms with E-state index in [1.54, 1.807) is 31.2 Å². The molecular weight excluding hydrogens is 330 g/mol. The number of benzene rings is 2. The molecule has 2 aromatic carbocycles. The number of nitrogens with one attached hydrogen (secondary N) is 2. The first kappa shape index (κ1) is 19.2. The number of phenols is 1. The van der Waals surface area contributed by atoms with Crippen LogP contribution in [0.4, 0.5) is 5.69 Å². The first-order chi connectivity index (χ1) is 12.3. The van der Waals surface area contributed by atoms with Gasteiger partial charge in [-0.05, 0) is 67.8 Å². The minimum absolute atomic E-state index is 0.0447. The van der Waals surface area contributed by atoms with Gasteiger partial charge in [-0.15, -0.1) is 0 Å². The van der Waals surface area contributed by atoms with Gasteiger partial charge in [0.05, 0.1) is 5.71 Å². The van der Waals surface area contributed by atoms with Crippen LogP contribution in [0, 0.1) is 13.8 Å². The Balaban J connectivity index is 1.82. The number of hydrogen-bond donors (Lipinski definition) is 3.